The first-order valence-corrected chi connectivity index (χ1v) is 6.23. The van der Waals surface area contributed by atoms with Crippen molar-refractivity contribution in [1.82, 2.24) is 4.90 Å². The van der Waals surface area contributed by atoms with Gasteiger partial charge in [0.25, 0.3) is 0 Å². The number of aliphatic carboxylic acids is 1. The van der Waals surface area contributed by atoms with Gasteiger partial charge in [-0.3, -0.25) is 9.59 Å². The maximum absolute atomic E-state index is 12.0. The number of hydrogen-bond acceptors (Lipinski definition) is 4. The van der Waals surface area contributed by atoms with Gasteiger partial charge in [-0.05, 0) is 19.3 Å². The van der Waals surface area contributed by atoms with Crippen molar-refractivity contribution in [3.05, 3.63) is 0 Å². The number of carbonyl (C=O) groups excluding carboxylic acids is 1. The standard InChI is InChI=1S/C12H22N2O4/c1-3-12(11(16)17)5-6-14(8-12)10(15)9(13)4-7-18-2/h9H,3-8,13H2,1-2H3,(H,16,17). The van der Waals surface area contributed by atoms with Crippen LogP contribution in [-0.2, 0) is 14.3 Å². The number of carboxylic acid groups (broad SMARTS) is 1. The number of carboxylic acids is 1. The molecule has 1 heterocycles. The van der Waals surface area contributed by atoms with Crippen LogP contribution in [0.4, 0.5) is 0 Å². The number of rotatable bonds is 6. The molecular weight excluding hydrogens is 236 g/mol. The Kier molecular flexibility index (Phi) is 5.10. The molecule has 6 nitrogen and oxygen atoms in total. The lowest BCUT2D eigenvalue weighted by atomic mass is 9.84. The topological polar surface area (TPSA) is 92.9 Å². The molecule has 1 aliphatic rings. The molecule has 1 amide bonds. The van der Waals surface area contributed by atoms with Crippen LogP contribution < -0.4 is 5.73 Å². The Morgan fingerprint density at radius 1 is 1.56 bits per heavy atom. The molecule has 0 aliphatic carbocycles. The monoisotopic (exact) mass is 258 g/mol. The van der Waals surface area contributed by atoms with E-state index in [1.807, 2.05) is 6.92 Å². The van der Waals surface area contributed by atoms with Crippen LogP contribution in [0, 0.1) is 5.41 Å². The summed E-state index contributed by atoms with van der Waals surface area (Å²) >= 11 is 0. The summed E-state index contributed by atoms with van der Waals surface area (Å²) in [5.74, 6) is -1.01. The van der Waals surface area contributed by atoms with Crippen LogP contribution in [0.5, 0.6) is 0 Å². The highest BCUT2D eigenvalue weighted by atomic mass is 16.5. The van der Waals surface area contributed by atoms with Crippen molar-refractivity contribution in [3.8, 4) is 0 Å². The van der Waals surface area contributed by atoms with Gasteiger partial charge in [-0.1, -0.05) is 6.92 Å². The number of nitrogens with zero attached hydrogens (tertiary/aromatic N) is 1. The smallest absolute Gasteiger partial charge is 0.311 e. The summed E-state index contributed by atoms with van der Waals surface area (Å²) in [6, 6.07) is -0.605. The van der Waals surface area contributed by atoms with E-state index in [1.165, 1.54) is 0 Å². The highest BCUT2D eigenvalue weighted by Gasteiger charge is 2.45. The Hall–Kier alpha value is -1.14. The second-order valence-corrected chi connectivity index (χ2v) is 4.84. The number of ether oxygens (including phenoxy) is 1. The molecule has 0 saturated carbocycles. The SMILES string of the molecule is CCC1(C(=O)O)CCN(C(=O)C(N)CCOC)C1. The van der Waals surface area contributed by atoms with Gasteiger partial charge in [-0.15, -0.1) is 0 Å². The number of carbonyl (C=O) groups is 2. The largest absolute Gasteiger partial charge is 0.481 e. The van der Waals surface area contributed by atoms with Crippen molar-refractivity contribution < 1.29 is 19.4 Å². The quantitative estimate of drug-likeness (QED) is 0.703. The molecule has 1 fully saturated rings. The summed E-state index contributed by atoms with van der Waals surface area (Å²) in [6.07, 6.45) is 1.49. The third kappa shape index (κ3) is 3.00. The fourth-order valence-electron chi connectivity index (χ4n) is 2.28. The molecular formula is C12H22N2O4. The van der Waals surface area contributed by atoms with E-state index in [4.69, 9.17) is 10.5 Å². The molecule has 0 spiro atoms. The zero-order chi connectivity index (χ0) is 13.8. The normalized spacial score (nSPS) is 25.2. The summed E-state index contributed by atoms with van der Waals surface area (Å²) in [7, 11) is 1.56. The van der Waals surface area contributed by atoms with Crippen molar-refractivity contribution in [1.29, 1.82) is 0 Å². The molecule has 2 atom stereocenters. The van der Waals surface area contributed by atoms with E-state index in [-0.39, 0.29) is 12.5 Å². The van der Waals surface area contributed by atoms with Crippen LogP contribution in [0.1, 0.15) is 26.2 Å². The summed E-state index contributed by atoms with van der Waals surface area (Å²) in [5.41, 5.74) is 4.98. The molecule has 104 valence electrons. The molecule has 6 heteroatoms. The lowest BCUT2D eigenvalue weighted by Crippen LogP contribution is -2.45. The molecule has 1 rings (SSSR count). The van der Waals surface area contributed by atoms with Gasteiger partial charge >= 0.3 is 5.97 Å². The van der Waals surface area contributed by atoms with Gasteiger partial charge in [-0.2, -0.15) is 0 Å². The van der Waals surface area contributed by atoms with Crippen molar-refractivity contribution >= 4 is 11.9 Å². The number of methoxy groups -OCH3 is 1. The molecule has 3 N–H and O–H groups in total. The molecule has 18 heavy (non-hydrogen) atoms. The van der Waals surface area contributed by atoms with Crippen LogP contribution in [0.2, 0.25) is 0 Å². The van der Waals surface area contributed by atoms with Crippen LogP contribution in [-0.4, -0.2) is 54.7 Å². The zero-order valence-electron chi connectivity index (χ0n) is 11.0. The predicted octanol–water partition coefficient (Wildman–Crippen LogP) is 0.0635. The van der Waals surface area contributed by atoms with Crippen LogP contribution in [0.3, 0.4) is 0 Å². The fourth-order valence-corrected chi connectivity index (χ4v) is 2.28. The molecule has 1 saturated heterocycles. The van der Waals surface area contributed by atoms with E-state index in [0.717, 1.165) is 0 Å². The van der Waals surface area contributed by atoms with E-state index >= 15 is 0 Å². The minimum atomic E-state index is -0.828. The minimum Gasteiger partial charge on any atom is -0.481 e. The second-order valence-electron chi connectivity index (χ2n) is 4.84. The third-order valence-corrected chi connectivity index (χ3v) is 3.75. The maximum atomic E-state index is 12.0. The maximum Gasteiger partial charge on any atom is 0.311 e. The average Bonchev–Trinajstić information content (AvgIpc) is 2.80. The number of amides is 1. The molecule has 2 unspecified atom stereocenters. The number of likely N-dealkylation sites (tertiary alicyclic amines) is 1. The van der Waals surface area contributed by atoms with Crippen molar-refractivity contribution in [3.63, 3.8) is 0 Å². The van der Waals surface area contributed by atoms with Crippen molar-refractivity contribution in [2.75, 3.05) is 26.8 Å². The zero-order valence-corrected chi connectivity index (χ0v) is 11.0. The van der Waals surface area contributed by atoms with E-state index < -0.39 is 17.4 Å². The van der Waals surface area contributed by atoms with Gasteiger partial charge in [0.05, 0.1) is 11.5 Å². The van der Waals surface area contributed by atoms with E-state index in [9.17, 15) is 14.7 Å². The number of nitrogens with two attached hydrogens (primary N) is 1. The Morgan fingerprint density at radius 2 is 2.22 bits per heavy atom. The molecule has 1 aliphatic heterocycles. The van der Waals surface area contributed by atoms with E-state index in [2.05, 4.69) is 0 Å². The molecule has 0 aromatic rings. The van der Waals surface area contributed by atoms with Gasteiger partial charge in [0, 0.05) is 26.8 Å². The average molecular weight is 258 g/mol. The molecule has 0 aromatic carbocycles. The fraction of sp³-hybridized carbons (Fsp3) is 0.833. The van der Waals surface area contributed by atoms with E-state index in [0.29, 0.717) is 32.4 Å². The second kappa shape index (κ2) is 6.15. The van der Waals surface area contributed by atoms with Crippen molar-refractivity contribution in [2.45, 2.75) is 32.2 Å². The number of hydrogen-bond donors (Lipinski definition) is 2. The van der Waals surface area contributed by atoms with Gasteiger partial charge in [0.1, 0.15) is 0 Å². The van der Waals surface area contributed by atoms with Gasteiger partial charge in [0.15, 0.2) is 0 Å². The first-order valence-electron chi connectivity index (χ1n) is 6.23. The first kappa shape index (κ1) is 14.9. The summed E-state index contributed by atoms with van der Waals surface area (Å²) < 4.78 is 4.88. The summed E-state index contributed by atoms with van der Waals surface area (Å²) in [6.45, 7) is 3.00. The van der Waals surface area contributed by atoms with E-state index in [1.54, 1.807) is 12.0 Å². The Labute approximate surface area is 107 Å². The first-order chi connectivity index (χ1) is 8.46. The molecule has 0 radical (unpaired) electrons. The molecule has 0 bridgehead atoms. The Morgan fingerprint density at radius 3 is 2.67 bits per heavy atom. The minimum absolute atomic E-state index is 0.177. The Balaban J connectivity index is 2.60. The molecule has 0 aromatic heterocycles. The van der Waals surface area contributed by atoms with Crippen LogP contribution in [0.25, 0.3) is 0 Å². The summed E-state index contributed by atoms with van der Waals surface area (Å²) in [4.78, 5) is 24.9. The van der Waals surface area contributed by atoms with Gasteiger partial charge < -0.3 is 20.5 Å². The Bertz CT molecular complexity index is 321. The van der Waals surface area contributed by atoms with Crippen LogP contribution in [0.15, 0.2) is 0 Å². The van der Waals surface area contributed by atoms with Gasteiger partial charge in [0.2, 0.25) is 5.91 Å². The summed E-state index contributed by atoms with van der Waals surface area (Å²) in [5, 5.41) is 9.25. The predicted molar refractivity (Wildman–Crippen MR) is 66.0 cm³/mol. The highest BCUT2D eigenvalue weighted by Crippen LogP contribution is 2.34. The third-order valence-electron chi connectivity index (χ3n) is 3.75. The van der Waals surface area contributed by atoms with Gasteiger partial charge in [-0.25, -0.2) is 0 Å². The van der Waals surface area contributed by atoms with Crippen LogP contribution >= 0.6 is 0 Å². The van der Waals surface area contributed by atoms with Crippen molar-refractivity contribution in [2.24, 2.45) is 11.1 Å². The lowest BCUT2D eigenvalue weighted by molar-refractivity contribution is -0.148. The lowest BCUT2D eigenvalue weighted by Gasteiger charge is -2.24. The highest BCUT2D eigenvalue weighted by molar-refractivity contribution is 5.84.